The van der Waals surface area contributed by atoms with Crippen LogP contribution < -0.4 is 20.5 Å². The van der Waals surface area contributed by atoms with Gasteiger partial charge in [-0.2, -0.15) is 0 Å². The Bertz CT molecular complexity index is 600. The molecule has 106 valence electrons. The molecule has 5 heteroatoms. The van der Waals surface area contributed by atoms with Gasteiger partial charge in [0.25, 0.3) is 0 Å². The second-order valence-electron chi connectivity index (χ2n) is 4.43. The SMILES string of the molecule is COc1ccc(CNc2nc(C)ccc2N)cc1OC. The molecule has 0 unspecified atom stereocenters. The van der Waals surface area contributed by atoms with Crippen LogP contribution in [0.2, 0.25) is 0 Å². The van der Waals surface area contributed by atoms with Crippen LogP contribution in [0.4, 0.5) is 11.5 Å². The van der Waals surface area contributed by atoms with Crippen molar-refractivity contribution in [1.82, 2.24) is 4.98 Å². The molecule has 0 aliphatic heterocycles. The molecule has 0 saturated heterocycles. The predicted molar refractivity (Wildman–Crippen MR) is 80.3 cm³/mol. The summed E-state index contributed by atoms with van der Waals surface area (Å²) in [6, 6.07) is 9.51. The Morgan fingerprint density at radius 3 is 2.55 bits per heavy atom. The van der Waals surface area contributed by atoms with E-state index in [0.29, 0.717) is 29.5 Å². The van der Waals surface area contributed by atoms with Crippen molar-refractivity contribution in [2.45, 2.75) is 13.5 Å². The fourth-order valence-corrected chi connectivity index (χ4v) is 1.89. The number of rotatable bonds is 5. The molecule has 20 heavy (non-hydrogen) atoms. The Hall–Kier alpha value is -2.43. The van der Waals surface area contributed by atoms with Crippen LogP contribution in [-0.2, 0) is 6.54 Å². The molecular weight excluding hydrogens is 254 g/mol. The lowest BCUT2D eigenvalue weighted by Gasteiger charge is -2.12. The second-order valence-corrected chi connectivity index (χ2v) is 4.43. The summed E-state index contributed by atoms with van der Waals surface area (Å²) in [5.41, 5.74) is 8.51. The average molecular weight is 273 g/mol. The number of hydrogen-bond donors (Lipinski definition) is 2. The van der Waals surface area contributed by atoms with E-state index < -0.39 is 0 Å². The van der Waals surface area contributed by atoms with Crippen molar-refractivity contribution < 1.29 is 9.47 Å². The number of benzene rings is 1. The first-order chi connectivity index (χ1) is 9.63. The number of anilines is 2. The van der Waals surface area contributed by atoms with Crippen molar-refractivity contribution in [1.29, 1.82) is 0 Å². The van der Waals surface area contributed by atoms with Crippen molar-refractivity contribution in [2.75, 3.05) is 25.3 Å². The number of aromatic nitrogens is 1. The van der Waals surface area contributed by atoms with Crippen LogP contribution in [0.3, 0.4) is 0 Å². The molecule has 0 spiro atoms. The van der Waals surface area contributed by atoms with Gasteiger partial charge < -0.3 is 20.5 Å². The van der Waals surface area contributed by atoms with Crippen molar-refractivity contribution in [3.05, 3.63) is 41.6 Å². The van der Waals surface area contributed by atoms with Crippen molar-refractivity contribution in [2.24, 2.45) is 0 Å². The standard InChI is InChI=1S/C15H19N3O2/c1-10-4-6-12(16)15(18-10)17-9-11-5-7-13(19-2)14(8-11)20-3/h4-8H,9,16H2,1-3H3,(H,17,18). The molecule has 5 nitrogen and oxygen atoms in total. The molecule has 0 fully saturated rings. The van der Waals surface area contributed by atoms with E-state index in [-0.39, 0.29) is 0 Å². The summed E-state index contributed by atoms with van der Waals surface area (Å²) < 4.78 is 10.5. The molecule has 0 bridgehead atoms. The normalized spacial score (nSPS) is 10.2. The van der Waals surface area contributed by atoms with Gasteiger partial charge in [0.05, 0.1) is 19.9 Å². The topological polar surface area (TPSA) is 69.4 Å². The molecule has 2 aromatic rings. The molecule has 0 aliphatic rings. The van der Waals surface area contributed by atoms with Crippen molar-refractivity contribution in [3.8, 4) is 11.5 Å². The highest BCUT2D eigenvalue weighted by atomic mass is 16.5. The van der Waals surface area contributed by atoms with Crippen LogP contribution in [0.5, 0.6) is 11.5 Å². The fourth-order valence-electron chi connectivity index (χ4n) is 1.89. The minimum Gasteiger partial charge on any atom is -0.493 e. The Kier molecular flexibility index (Phi) is 4.30. The van der Waals surface area contributed by atoms with Gasteiger partial charge in [0, 0.05) is 12.2 Å². The van der Waals surface area contributed by atoms with E-state index in [2.05, 4.69) is 10.3 Å². The molecule has 0 amide bonds. The molecule has 1 aromatic heterocycles. The highest BCUT2D eigenvalue weighted by molar-refractivity contribution is 5.61. The van der Waals surface area contributed by atoms with Crippen LogP contribution in [-0.4, -0.2) is 19.2 Å². The summed E-state index contributed by atoms with van der Waals surface area (Å²) in [5.74, 6) is 2.11. The van der Waals surface area contributed by atoms with E-state index in [4.69, 9.17) is 15.2 Å². The number of aryl methyl sites for hydroxylation is 1. The Labute approximate surface area is 118 Å². The third-order valence-corrected chi connectivity index (χ3v) is 2.97. The van der Waals surface area contributed by atoms with Crippen LogP contribution >= 0.6 is 0 Å². The lowest BCUT2D eigenvalue weighted by molar-refractivity contribution is 0.354. The quantitative estimate of drug-likeness (QED) is 0.876. The minimum atomic E-state index is 0.612. The molecular formula is C15H19N3O2. The monoisotopic (exact) mass is 273 g/mol. The first-order valence-corrected chi connectivity index (χ1v) is 6.32. The summed E-state index contributed by atoms with van der Waals surface area (Å²) in [5, 5.41) is 3.23. The average Bonchev–Trinajstić information content (AvgIpc) is 2.47. The van der Waals surface area contributed by atoms with Gasteiger partial charge in [0.15, 0.2) is 11.5 Å². The lowest BCUT2D eigenvalue weighted by Crippen LogP contribution is -2.05. The number of pyridine rings is 1. The molecule has 0 radical (unpaired) electrons. The zero-order chi connectivity index (χ0) is 14.5. The zero-order valence-electron chi connectivity index (χ0n) is 11.9. The van der Waals surface area contributed by atoms with Gasteiger partial charge in [-0.1, -0.05) is 6.07 Å². The van der Waals surface area contributed by atoms with Gasteiger partial charge in [-0.25, -0.2) is 4.98 Å². The number of nitrogens with zero attached hydrogens (tertiary/aromatic N) is 1. The Morgan fingerprint density at radius 2 is 1.85 bits per heavy atom. The maximum absolute atomic E-state index is 5.89. The predicted octanol–water partition coefficient (Wildman–Crippen LogP) is 2.60. The summed E-state index contributed by atoms with van der Waals surface area (Å²) in [6.45, 7) is 2.54. The minimum absolute atomic E-state index is 0.612. The summed E-state index contributed by atoms with van der Waals surface area (Å²) in [7, 11) is 3.24. The van der Waals surface area contributed by atoms with E-state index in [1.165, 1.54) is 0 Å². The maximum Gasteiger partial charge on any atom is 0.161 e. The first kappa shape index (κ1) is 14.0. The molecule has 0 saturated carbocycles. The van der Waals surface area contributed by atoms with E-state index in [1.807, 2.05) is 37.3 Å². The van der Waals surface area contributed by atoms with E-state index in [0.717, 1.165) is 11.3 Å². The van der Waals surface area contributed by atoms with E-state index in [1.54, 1.807) is 14.2 Å². The number of hydrogen-bond acceptors (Lipinski definition) is 5. The highest BCUT2D eigenvalue weighted by Gasteiger charge is 2.06. The molecule has 0 atom stereocenters. The molecule has 2 rings (SSSR count). The molecule has 0 aliphatic carbocycles. The number of nitrogens with one attached hydrogen (secondary N) is 1. The van der Waals surface area contributed by atoms with Crippen LogP contribution in [0.15, 0.2) is 30.3 Å². The van der Waals surface area contributed by atoms with Gasteiger partial charge in [-0.05, 0) is 36.8 Å². The third-order valence-electron chi connectivity index (χ3n) is 2.97. The van der Waals surface area contributed by atoms with Gasteiger partial charge in [0.1, 0.15) is 5.82 Å². The highest BCUT2D eigenvalue weighted by Crippen LogP contribution is 2.28. The molecule has 1 aromatic carbocycles. The lowest BCUT2D eigenvalue weighted by atomic mass is 10.2. The zero-order valence-corrected chi connectivity index (χ0v) is 11.9. The van der Waals surface area contributed by atoms with Gasteiger partial charge >= 0.3 is 0 Å². The summed E-state index contributed by atoms with van der Waals surface area (Å²) in [6.07, 6.45) is 0. The Morgan fingerprint density at radius 1 is 1.10 bits per heavy atom. The van der Waals surface area contributed by atoms with E-state index >= 15 is 0 Å². The van der Waals surface area contributed by atoms with Gasteiger partial charge in [-0.15, -0.1) is 0 Å². The third kappa shape index (κ3) is 3.12. The molecule has 1 heterocycles. The molecule has 3 N–H and O–H groups in total. The van der Waals surface area contributed by atoms with Crippen LogP contribution in [0.25, 0.3) is 0 Å². The van der Waals surface area contributed by atoms with Crippen LogP contribution in [0, 0.1) is 6.92 Å². The first-order valence-electron chi connectivity index (χ1n) is 6.32. The smallest absolute Gasteiger partial charge is 0.161 e. The number of methoxy groups -OCH3 is 2. The van der Waals surface area contributed by atoms with Crippen molar-refractivity contribution in [3.63, 3.8) is 0 Å². The van der Waals surface area contributed by atoms with Gasteiger partial charge in [-0.3, -0.25) is 0 Å². The van der Waals surface area contributed by atoms with Crippen molar-refractivity contribution >= 4 is 11.5 Å². The Balaban J connectivity index is 2.12. The maximum atomic E-state index is 5.89. The number of nitrogens with two attached hydrogens (primary N) is 1. The number of nitrogen functional groups attached to an aromatic ring is 1. The van der Waals surface area contributed by atoms with E-state index in [9.17, 15) is 0 Å². The fraction of sp³-hybridized carbons (Fsp3) is 0.267. The number of ether oxygens (including phenoxy) is 2. The summed E-state index contributed by atoms with van der Waals surface area (Å²) in [4.78, 5) is 4.37. The largest absolute Gasteiger partial charge is 0.493 e. The summed E-state index contributed by atoms with van der Waals surface area (Å²) >= 11 is 0. The second kappa shape index (κ2) is 6.14. The van der Waals surface area contributed by atoms with Gasteiger partial charge in [0.2, 0.25) is 0 Å². The van der Waals surface area contributed by atoms with Crippen LogP contribution in [0.1, 0.15) is 11.3 Å².